The molecular weight excluding hydrogens is 354 g/mol. The lowest BCUT2D eigenvalue weighted by Gasteiger charge is -2.19. The van der Waals surface area contributed by atoms with Crippen LogP contribution in [-0.2, 0) is 13.0 Å². The van der Waals surface area contributed by atoms with Gasteiger partial charge in [-0.1, -0.05) is 12.1 Å². The molecule has 0 atom stereocenters. The third-order valence-electron chi connectivity index (χ3n) is 4.66. The summed E-state index contributed by atoms with van der Waals surface area (Å²) in [6.07, 6.45) is 0.639. The van der Waals surface area contributed by atoms with Gasteiger partial charge in [0.1, 0.15) is 17.2 Å². The van der Waals surface area contributed by atoms with Crippen LogP contribution in [0.3, 0.4) is 0 Å². The second-order valence-electron chi connectivity index (χ2n) is 6.93. The largest absolute Gasteiger partial charge is 0.497 e. The van der Waals surface area contributed by atoms with Gasteiger partial charge < -0.3 is 20.1 Å². The number of benzene rings is 2. The zero-order valence-electron chi connectivity index (χ0n) is 16.7. The van der Waals surface area contributed by atoms with Crippen LogP contribution in [0.15, 0.2) is 42.5 Å². The first-order valence-electron chi connectivity index (χ1n) is 9.00. The molecule has 0 saturated heterocycles. The minimum absolute atomic E-state index is 0.315. The fourth-order valence-corrected chi connectivity index (χ4v) is 3.31. The third-order valence-corrected chi connectivity index (χ3v) is 4.66. The van der Waals surface area contributed by atoms with Crippen molar-refractivity contribution < 1.29 is 14.3 Å². The number of aromatic nitrogens is 1. The molecule has 0 radical (unpaired) electrons. The maximum absolute atomic E-state index is 12.2. The highest BCUT2D eigenvalue weighted by Crippen LogP contribution is 2.30. The number of fused-ring (bicyclic) bond motifs is 1. The monoisotopic (exact) mass is 379 g/mol. The van der Waals surface area contributed by atoms with Crippen molar-refractivity contribution in [3.05, 3.63) is 64.8 Å². The van der Waals surface area contributed by atoms with E-state index in [0.717, 1.165) is 39.1 Å². The normalized spacial score (nSPS) is 11.0. The summed E-state index contributed by atoms with van der Waals surface area (Å²) in [5.41, 5.74) is 9.68. The minimum atomic E-state index is -0.523. The average molecular weight is 379 g/mol. The van der Waals surface area contributed by atoms with Crippen molar-refractivity contribution in [2.45, 2.75) is 13.0 Å². The average Bonchev–Trinajstić information content (AvgIpc) is 2.69. The quantitative estimate of drug-likeness (QED) is 0.683. The molecule has 0 bridgehead atoms. The molecule has 0 aliphatic heterocycles. The number of amides is 1. The summed E-state index contributed by atoms with van der Waals surface area (Å²) in [7, 11) is 7.19. The Balaban J connectivity index is 2.24. The minimum Gasteiger partial charge on any atom is -0.497 e. The molecule has 1 amide bonds. The first kappa shape index (κ1) is 19.6. The summed E-state index contributed by atoms with van der Waals surface area (Å²) in [4.78, 5) is 18.7. The van der Waals surface area contributed by atoms with Gasteiger partial charge in [0.25, 0.3) is 5.91 Å². The molecular formula is C22H25N3O3. The van der Waals surface area contributed by atoms with Gasteiger partial charge in [-0.2, -0.15) is 0 Å². The Kier molecular flexibility index (Phi) is 5.80. The highest BCUT2D eigenvalue weighted by Gasteiger charge is 2.20. The molecule has 0 saturated carbocycles. The number of rotatable bonds is 7. The van der Waals surface area contributed by atoms with Crippen LogP contribution in [-0.4, -0.2) is 44.1 Å². The molecule has 0 fully saturated rings. The molecule has 0 spiro atoms. The number of nitrogens with two attached hydrogens (primary N) is 1. The van der Waals surface area contributed by atoms with Crippen molar-refractivity contribution in [1.82, 2.24) is 9.88 Å². The van der Waals surface area contributed by atoms with Crippen molar-refractivity contribution >= 4 is 16.8 Å². The van der Waals surface area contributed by atoms with Gasteiger partial charge in [0.2, 0.25) is 0 Å². The zero-order valence-corrected chi connectivity index (χ0v) is 16.7. The summed E-state index contributed by atoms with van der Waals surface area (Å²) in [5.74, 6) is 1.02. The Morgan fingerprint density at radius 1 is 1.00 bits per heavy atom. The molecule has 28 heavy (non-hydrogen) atoms. The first-order valence-corrected chi connectivity index (χ1v) is 9.00. The molecule has 2 N–H and O–H groups in total. The third kappa shape index (κ3) is 4.07. The zero-order chi connectivity index (χ0) is 20.3. The van der Waals surface area contributed by atoms with E-state index in [1.165, 1.54) is 0 Å². The van der Waals surface area contributed by atoms with Gasteiger partial charge in [0, 0.05) is 17.5 Å². The van der Waals surface area contributed by atoms with Crippen LogP contribution in [0.2, 0.25) is 0 Å². The van der Waals surface area contributed by atoms with E-state index in [2.05, 4.69) is 4.98 Å². The van der Waals surface area contributed by atoms with Crippen molar-refractivity contribution in [3.63, 3.8) is 0 Å². The van der Waals surface area contributed by atoms with Gasteiger partial charge in [0.15, 0.2) is 0 Å². The van der Waals surface area contributed by atoms with Crippen LogP contribution in [0, 0.1) is 0 Å². The summed E-state index contributed by atoms with van der Waals surface area (Å²) in [6, 6.07) is 13.6. The molecule has 6 nitrogen and oxygen atoms in total. The predicted octanol–water partition coefficient (Wildman–Crippen LogP) is 3.00. The van der Waals surface area contributed by atoms with Crippen LogP contribution in [0.4, 0.5) is 0 Å². The topological polar surface area (TPSA) is 77.7 Å². The highest BCUT2D eigenvalue weighted by molar-refractivity contribution is 5.97. The van der Waals surface area contributed by atoms with Crippen LogP contribution in [0.25, 0.3) is 10.9 Å². The Morgan fingerprint density at radius 3 is 2.21 bits per heavy atom. The number of pyridine rings is 1. The van der Waals surface area contributed by atoms with Gasteiger partial charge in [-0.15, -0.1) is 0 Å². The Morgan fingerprint density at radius 2 is 1.64 bits per heavy atom. The van der Waals surface area contributed by atoms with Crippen molar-refractivity contribution in [2.75, 3.05) is 28.3 Å². The molecule has 3 aromatic rings. The van der Waals surface area contributed by atoms with E-state index in [9.17, 15) is 4.79 Å². The van der Waals surface area contributed by atoms with Gasteiger partial charge in [-0.05, 0) is 62.0 Å². The van der Waals surface area contributed by atoms with Crippen molar-refractivity contribution in [2.24, 2.45) is 5.73 Å². The van der Waals surface area contributed by atoms with Crippen LogP contribution >= 0.6 is 0 Å². The Labute approximate surface area is 164 Å². The molecule has 0 aliphatic carbocycles. The molecule has 6 heteroatoms. The summed E-state index contributed by atoms with van der Waals surface area (Å²) < 4.78 is 10.7. The summed E-state index contributed by atoms with van der Waals surface area (Å²) in [5, 5.41) is 0.956. The number of hydrogen-bond donors (Lipinski definition) is 1. The number of carbonyl (C=O) groups is 1. The second-order valence-corrected chi connectivity index (χ2v) is 6.93. The Bertz CT molecular complexity index is 998. The van der Waals surface area contributed by atoms with E-state index in [-0.39, 0.29) is 0 Å². The number of hydrogen-bond acceptors (Lipinski definition) is 5. The lowest BCUT2D eigenvalue weighted by molar-refractivity contribution is 0.0994. The lowest BCUT2D eigenvalue weighted by Crippen LogP contribution is -2.22. The Hall–Kier alpha value is -3.12. The number of methoxy groups -OCH3 is 2. The molecule has 1 heterocycles. The van der Waals surface area contributed by atoms with Gasteiger partial charge >= 0.3 is 0 Å². The second kappa shape index (κ2) is 8.27. The van der Waals surface area contributed by atoms with Crippen molar-refractivity contribution in [3.8, 4) is 11.5 Å². The molecule has 146 valence electrons. The smallest absolute Gasteiger partial charge is 0.267 e. The summed E-state index contributed by atoms with van der Waals surface area (Å²) >= 11 is 0. The maximum Gasteiger partial charge on any atom is 0.267 e. The van der Waals surface area contributed by atoms with Crippen molar-refractivity contribution in [1.29, 1.82) is 0 Å². The van der Waals surface area contributed by atoms with E-state index < -0.39 is 5.91 Å². The summed E-state index contributed by atoms with van der Waals surface area (Å²) in [6.45, 7) is 0.559. The maximum atomic E-state index is 12.2. The number of primary amides is 1. The van der Waals surface area contributed by atoms with Gasteiger partial charge in [-0.3, -0.25) is 4.79 Å². The first-order chi connectivity index (χ1) is 13.4. The standard InChI is InChI=1S/C22H25N3O3/c1-25(2)13-19-17(11-14-5-7-15(27-3)8-6-14)18-12-16(28-4)9-10-20(18)24-21(19)22(23)26/h5-10,12H,11,13H2,1-4H3,(H2,23,26). The van der Waals surface area contributed by atoms with E-state index in [0.29, 0.717) is 18.7 Å². The SMILES string of the molecule is COc1ccc(Cc2c(CN(C)C)c(C(N)=O)nc3ccc(OC)cc23)cc1. The predicted molar refractivity (Wildman–Crippen MR) is 110 cm³/mol. The van der Waals surface area contributed by atoms with E-state index >= 15 is 0 Å². The highest BCUT2D eigenvalue weighted by atomic mass is 16.5. The molecule has 3 rings (SSSR count). The number of carbonyl (C=O) groups excluding carboxylic acids is 1. The van der Waals surface area contributed by atoms with Crippen LogP contribution in [0.1, 0.15) is 27.2 Å². The van der Waals surface area contributed by atoms with E-state index in [1.54, 1.807) is 14.2 Å². The molecule has 2 aromatic carbocycles. The molecule has 0 aliphatic rings. The van der Waals surface area contributed by atoms with Gasteiger partial charge in [0.05, 0.1) is 19.7 Å². The van der Waals surface area contributed by atoms with E-state index in [4.69, 9.17) is 15.2 Å². The van der Waals surface area contributed by atoms with Crippen LogP contribution in [0.5, 0.6) is 11.5 Å². The van der Waals surface area contributed by atoms with Crippen LogP contribution < -0.4 is 15.2 Å². The fraction of sp³-hybridized carbons (Fsp3) is 0.273. The van der Waals surface area contributed by atoms with E-state index in [1.807, 2.05) is 61.5 Å². The molecule has 0 unspecified atom stereocenters. The number of ether oxygens (including phenoxy) is 2. The molecule has 1 aromatic heterocycles. The lowest BCUT2D eigenvalue weighted by atomic mass is 9.93. The number of nitrogens with zero attached hydrogens (tertiary/aromatic N) is 2. The fourth-order valence-electron chi connectivity index (χ4n) is 3.31. The van der Waals surface area contributed by atoms with Gasteiger partial charge in [-0.25, -0.2) is 4.98 Å².